The summed E-state index contributed by atoms with van der Waals surface area (Å²) in [7, 11) is 1.69. The maximum Gasteiger partial charge on any atom is 0.258 e. The molecule has 0 fully saturated rings. The van der Waals surface area contributed by atoms with Crippen LogP contribution in [0.2, 0.25) is 0 Å². The first kappa shape index (κ1) is 13.5. The normalized spacial score (nSPS) is 10.2. The van der Waals surface area contributed by atoms with Crippen molar-refractivity contribution < 1.29 is 9.90 Å². The second-order valence-corrected chi connectivity index (χ2v) is 4.99. The van der Waals surface area contributed by atoms with Crippen molar-refractivity contribution in [2.75, 3.05) is 18.2 Å². The average molecular weight is 273 g/mol. The highest BCUT2D eigenvalue weighted by atomic mass is 32.2. The van der Waals surface area contributed by atoms with Gasteiger partial charge in [0.2, 0.25) is 0 Å². The molecule has 0 aliphatic rings. The van der Waals surface area contributed by atoms with E-state index in [1.54, 1.807) is 43.1 Å². The maximum absolute atomic E-state index is 12.3. The molecule has 0 spiro atoms. The Morgan fingerprint density at radius 1 is 1.16 bits per heavy atom. The van der Waals surface area contributed by atoms with Crippen molar-refractivity contribution in [1.82, 2.24) is 0 Å². The summed E-state index contributed by atoms with van der Waals surface area (Å²) in [5.74, 6) is 0.0492. The number of nitrogens with zero attached hydrogens (tertiary/aromatic N) is 1. The SMILES string of the molecule is CSc1ccc(C(=O)N(C)c2cccc(O)c2)cc1. The fourth-order valence-electron chi connectivity index (χ4n) is 1.75. The van der Waals surface area contributed by atoms with E-state index in [9.17, 15) is 9.90 Å². The molecular formula is C15H15NO2S. The van der Waals surface area contributed by atoms with Crippen molar-refractivity contribution in [2.45, 2.75) is 4.90 Å². The summed E-state index contributed by atoms with van der Waals surface area (Å²) < 4.78 is 0. The number of carbonyl (C=O) groups is 1. The molecule has 0 aromatic heterocycles. The van der Waals surface area contributed by atoms with E-state index >= 15 is 0 Å². The summed E-state index contributed by atoms with van der Waals surface area (Å²) in [5.41, 5.74) is 1.29. The predicted molar refractivity (Wildman–Crippen MR) is 79.1 cm³/mol. The average Bonchev–Trinajstić information content (AvgIpc) is 2.46. The number of anilines is 1. The van der Waals surface area contributed by atoms with E-state index in [1.165, 1.54) is 4.90 Å². The minimum atomic E-state index is -0.0988. The first-order valence-corrected chi connectivity index (χ1v) is 7.05. The highest BCUT2D eigenvalue weighted by Crippen LogP contribution is 2.21. The van der Waals surface area contributed by atoms with Crippen molar-refractivity contribution in [3.05, 3.63) is 54.1 Å². The predicted octanol–water partition coefficient (Wildman–Crippen LogP) is 3.39. The topological polar surface area (TPSA) is 40.5 Å². The summed E-state index contributed by atoms with van der Waals surface area (Å²) in [6, 6.07) is 14.1. The van der Waals surface area contributed by atoms with E-state index in [2.05, 4.69) is 0 Å². The fourth-order valence-corrected chi connectivity index (χ4v) is 2.15. The van der Waals surface area contributed by atoms with Gasteiger partial charge in [0.15, 0.2) is 0 Å². The Labute approximate surface area is 116 Å². The molecule has 0 bridgehead atoms. The molecule has 0 saturated carbocycles. The van der Waals surface area contributed by atoms with Crippen LogP contribution in [0.5, 0.6) is 5.75 Å². The number of phenols is 1. The number of benzene rings is 2. The number of hydrogen-bond donors (Lipinski definition) is 1. The summed E-state index contributed by atoms with van der Waals surface area (Å²) in [6.07, 6.45) is 2.00. The van der Waals surface area contributed by atoms with Crippen molar-refractivity contribution in [3.63, 3.8) is 0 Å². The van der Waals surface area contributed by atoms with Gasteiger partial charge in [-0.15, -0.1) is 11.8 Å². The third kappa shape index (κ3) is 3.09. The highest BCUT2D eigenvalue weighted by Gasteiger charge is 2.13. The van der Waals surface area contributed by atoms with Crippen molar-refractivity contribution in [2.24, 2.45) is 0 Å². The second-order valence-electron chi connectivity index (χ2n) is 4.11. The van der Waals surface area contributed by atoms with Crippen LogP contribution in [0, 0.1) is 0 Å². The Balaban J connectivity index is 2.23. The highest BCUT2D eigenvalue weighted by molar-refractivity contribution is 7.98. The standard InChI is InChI=1S/C15H15NO2S/c1-16(12-4-3-5-13(17)10-12)15(18)11-6-8-14(19-2)9-7-11/h3-10,17H,1-2H3. The Bertz CT molecular complexity index is 581. The summed E-state index contributed by atoms with van der Waals surface area (Å²) in [6.45, 7) is 0. The molecule has 1 amide bonds. The lowest BCUT2D eigenvalue weighted by molar-refractivity contribution is 0.0993. The first-order valence-electron chi connectivity index (χ1n) is 5.83. The molecule has 19 heavy (non-hydrogen) atoms. The molecule has 0 saturated heterocycles. The van der Waals surface area contributed by atoms with E-state index in [0.29, 0.717) is 11.3 Å². The number of amides is 1. The molecule has 0 atom stereocenters. The molecule has 98 valence electrons. The van der Waals surface area contributed by atoms with Crippen LogP contribution < -0.4 is 4.90 Å². The number of aromatic hydroxyl groups is 1. The van der Waals surface area contributed by atoms with Gasteiger partial charge in [-0.3, -0.25) is 4.79 Å². The van der Waals surface area contributed by atoms with Crippen molar-refractivity contribution in [3.8, 4) is 5.75 Å². The zero-order chi connectivity index (χ0) is 13.8. The van der Waals surface area contributed by atoms with E-state index in [1.807, 2.05) is 30.5 Å². The molecule has 0 heterocycles. The van der Waals surface area contributed by atoms with Gasteiger partial charge in [0.05, 0.1) is 0 Å². The van der Waals surface area contributed by atoms with Crippen LogP contribution in [0.25, 0.3) is 0 Å². The van der Waals surface area contributed by atoms with Crippen LogP contribution in [-0.2, 0) is 0 Å². The van der Waals surface area contributed by atoms with Gasteiger partial charge in [-0.2, -0.15) is 0 Å². The van der Waals surface area contributed by atoms with E-state index in [4.69, 9.17) is 0 Å². The molecule has 0 radical (unpaired) electrons. The molecule has 0 aliphatic heterocycles. The van der Waals surface area contributed by atoms with E-state index < -0.39 is 0 Å². The zero-order valence-corrected chi connectivity index (χ0v) is 11.6. The van der Waals surface area contributed by atoms with Crippen LogP contribution in [0.4, 0.5) is 5.69 Å². The van der Waals surface area contributed by atoms with Gasteiger partial charge < -0.3 is 10.0 Å². The third-order valence-corrected chi connectivity index (χ3v) is 3.60. The van der Waals surface area contributed by atoms with Crippen LogP contribution in [0.1, 0.15) is 10.4 Å². The first-order chi connectivity index (χ1) is 9.11. The number of phenolic OH excluding ortho intramolecular Hbond substituents is 1. The molecule has 3 nitrogen and oxygen atoms in total. The van der Waals surface area contributed by atoms with Crippen LogP contribution >= 0.6 is 11.8 Å². The van der Waals surface area contributed by atoms with Crippen LogP contribution in [0.3, 0.4) is 0 Å². The second kappa shape index (κ2) is 5.80. The number of hydrogen-bond acceptors (Lipinski definition) is 3. The summed E-state index contributed by atoms with van der Waals surface area (Å²) in [5, 5.41) is 9.44. The quantitative estimate of drug-likeness (QED) is 0.871. The molecule has 2 rings (SSSR count). The molecule has 0 aliphatic carbocycles. The lowest BCUT2D eigenvalue weighted by Gasteiger charge is -2.17. The molecule has 2 aromatic rings. The minimum absolute atomic E-state index is 0.0988. The number of carbonyl (C=O) groups excluding carboxylic acids is 1. The van der Waals surface area contributed by atoms with Crippen LogP contribution in [0.15, 0.2) is 53.4 Å². The molecule has 4 heteroatoms. The number of thioether (sulfide) groups is 1. The smallest absolute Gasteiger partial charge is 0.258 e. The fraction of sp³-hybridized carbons (Fsp3) is 0.133. The van der Waals surface area contributed by atoms with Gasteiger partial charge in [0.25, 0.3) is 5.91 Å². The molecular weight excluding hydrogens is 258 g/mol. The molecule has 0 unspecified atom stereocenters. The van der Waals surface area contributed by atoms with Crippen LogP contribution in [-0.4, -0.2) is 24.3 Å². The largest absolute Gasteiger partial charge is 0.508 e. The Kier molecular flexibility index (Phi) is 4.12. The minimum Gasteiger partial charge on any atom is -0.508 e. The van der Waals surface area contributed by atoms with Crippen molar-refractivity contribution in [1.29, 1.82) is 0 Å². The third-order valence-electron chi connectivity index (χ3n) is 2.86. The molecule has 2 aromatic carbocycles. The van der Waals surface area contributed by atoms with E-state index in [0.717, 1.165) is 4.90 Å². The van der Waals surface area contributed by atoms with Gasteiger partial charge in [0, 0.05) is 29.3 Å². The van der Waals surface area contributed by atoms with E-state index in [-0.39, 0.29) is 11.7 Å². The zero-order valence-electron chi connectivity index (χ0n) is 10.8. The maximum atomic E-state index is 12.3. The number of rotatable bonds is 3. The van der Waals surface area contributed by atoms with Gasteiger partial charge in [-0.1, -0.05) is 6.07 Å². The Hall–Kier alpha value is -1.94. The summed E-state index contributed by atoms with van der Waals surface area (Å²) in [4.78, 5) is 14.9. The van der Waals surface area contributed by atoms with Gasteiger partial charge in [0.1, 0.15) is 5.75 Å². The monoisotopic (exact) mass is 273 g/mol. The van der Waals surface area contributed by atoms with Gasteiger partial charge in [-0.25, -0.2) is 0 Å². The van der Waals surface area contributed by atoms with Gasteiger partial charge in [-0.05, 0) is 42.7 Å². The summed E-state index contributed by atoms with van der Waals surface area (Å²) >= 11 is 1.64. The lowest BCUT2D eigenvalue weighted by atomic mass is 10.2. The molecule has 1 N–H and O–H groups in total. The van der Waals surface area contributed by atoms with Crippen molar-refractivity contribution >= 4 is 23.4 Å². The van der Waals surface area contributed by atoms with Gasteiger partial charge >= 0.3 is 0 Å². The lowest BCUT2D eigenvalue weighted by Crippen LogP contribution is -2.26. The Morgan fingerprint density at radius 3 is 2.42 bits per heavy atom. The Morgan fingerprint density at radius 2 is 1.84 bits per heavy atom.